The van der Waals surface area contributed by atoms with Gasteiger partial charge in [0.2, 0.25) is 0 Å². The molecule has 1 N–H and O–H groups in total. The van der Waals surface area contributed by atoms with Crippen molar-refractivity contribution < 1.29 is 17.9 Å². The summed E-state index contributed by atoms with van der Waals surface area (Å²) in [5.74, 6) is 0. The SMILES string of the molecule is N#Cc1ccc(NC2CCCOCC2)c(C(F)(F)F)c1. The Morgan fingerprint density at radius 1 is 1.25 bits per heavy atom. The van der Waals surface area contributed by atoms with Gasteiger partial charge >= 0.3 is 6.18 Å². The van der Waals surface area contributed by atoms with Crippen LogP contribution in [-0.2, 0) is 10.9 Å². The zero-order valence-electron chi connectivity index (χ0n) is 10.8. The summed E-state index contributed by atoms with van der Waals surface area (Å²) >= 11 is 0. The van der Waals surface area contributed by atoms with Crippen molar-refractivity contribution in [2.24, 2.45) is 0 Å². The summed E-state index contributed by atoms with van der Waals surface area (Å²) in [6.07, 6.45) is -2.19. The fraction of sp³-hybridized carbons (Fsp3) is 0.500. The Bertz CT molecular complexity index is 500. The number of rotatable bonds is 2. The van der Waals surface area contributed by atoms with Crippen molar-refractivity contribution in [2.75, 3.05) is 18.5 Å². The molecule has 20 heavy (non-hydrogen) atoms. The zero-order valence-corrected chi connectivity index (χ0v) is 10.8. The average molecular weight is 284 g/mol. The fourth-order valence-corrected chi connectivity index (χ4v) is 2.24. The molecule has 1 heterocycles. The van der Waals surface area contributed by atoms with Gasteiger partial charge in [0.05, 0.1) is 17.2 Å². The van der Waals surface area contributed by atoms with Crippen LogP contribution in [0, 0.1) is 11.3 Å². The second-order valence-corrected chi connectivity index (χ2v) is 4.75. The van der Waals surface area contributed by atoms with E-state index in [1.54, 1.807) is 6.07 Å². The number of hydrogen-bond donors (Lipinski definition) is 1. The topological polar surface area (TPSA) is 45.0 Å². The first kappa shape index (κ1) is 14.7. The summed E-state index contributed by atoms with van der Waals surface area (Å²) in [6, 6.07) is 5.30. The Kier molecular flexibility index (Phi) is 4.50. The molecule has 0 aliphatic carbocycles. The normalized spacial score (nSPS) is 20.0. The van der Waals surface area contributed by atoms with Gasteiger partial charge in [0.1, 0.15) is 0 Å². The molecule has 1 aliphatic rings. The lowest BCUT2D eigenvalue weighted by molar-refractivity contribution is -0.137. The van der Waals surface area contributed by atoms with Crippen molar-refractivity contribution in [2.45, 2.75) is 31.5 Å². The lowest BCUT2D eigenvalue weighted by Crippen LogP contribution is -2.22. The second kappa shape index (κ2) is 6.14. The van der Waals surface area contributed by atoms with E-state index in [4.69, 9.17) is 10.00 Å². The van der Waals surface area contributed by atoms with E-state index in [9.17, 15) is 13.2 Å². The minimum absolute atomic E-state index is 0.00655. The highest BCUT2D eigenvalue weighted by molar-refractivity contribution is 5.56. The van der Waals surface area contributed by atoms with Crippen LogP contribution < -0.4 is 5.32 Å². The molecule has 1 aliphatic heterocycles. The summed E-state index contributed by atoms with van der Waals surface area (Å²) < 4.78 is 44.4. The molecular formula is C14H15F3N2O. The molecule has 108 valence electrons. The third kappa shape index (κ3) is 3.64. The highest BCUT2D eigenvalue weighted by Crippen LogP contribution is 2.36. The molecule has 1 saturated heterocycles. The fourth-order valence-electron chi connectivity index (χ4n) is 2.24. The van der Waals surface area contributed by atoms with Crippen molar-refractivity contribution in [1.29, 1.82) is 5.26 Å². The molecule has 1 fully saturated rings. The van der Waals surface area contributed by atoms with Gasteiger partial charge in [-0.05, 0) is 37.5 Å². The first-order valence-electron chi connectivity index (χ1n) is 6.46. The maximum absolute atomic E-state index is 13.0. The Hall–Kier alpha value is -1.74. The van der Waals surface area contributed by atoms with E-state index in [0.717, 1.165) is 18.9 Å². The summed E-state index contributed by atoms with van der Waals surface area (Å²) in [4.78, 5) is 0. The third-order valence-electron chi connectivity index (χ3n) is 3.27. The van der Waals surface area contributed by atoms with Crippen LogP contribution >= 0.6 is 0 Å². The molecule has 1 unspecified atom stereocenters. The van der Waals surface area contributed by atoms with Crippen LogP contribution in [0.15, 0.2) is 18.2 Å². The maximum Gasteiger partial charge on any atom is 0.418 e. The molecule has 2 rings (SSSR count). The number of anilines is 1. The Labute approximate surface area is 115 Å². The Balaban J connectivity index is 2.24. The summed E-state index contributed by atoms with van der Waals surface area (Å²) in [5.41, 5.74) is -0.753. The summed E-state index contributed by atoms with van der Waals surface area (Å²) in [6.45, 7) is 1.20. The van der Waals surface area contributed by atoms with Crippen molar-refractivity contribution >= 4 is 5.69 Å². The van der Waals surface area contributed by atoms with Gasteiger partial charge in [-0.2, -0.15) is 18.4 Å². The van der Waals surface area contributed by atoms with E-state index >= 15 is 0 Å². The standard InChI is InChI=1S/C14H15F3N2O/c15-14(16,17)12-8-10(9-18)3-4-13(12)19-11-2-1-6-20-7-5-11/h3-4,8,11,19H,1-2,5-7H2. The van der Waals surface area contributed by atoms with Crippen molar-refractivity contribution in [3.63, 3.8) is 0 Å². The number of benzene rings is 1. The van der Waals surface area contributed by atoms with Crippen LogP contribution in [0.4, 0.5) is 18.9 Å². The first-order valence-corrected chi connectivity index (χ1v) is 6.46. The molecule has 0 amide bonds. The molecule has 0 aromatic heterocycles. The molecule has 1 atom stereocenters. The Morgan fingerprint density at radius 2 is 2.05 bits per heavy atom. The van der Waals surface area contributed by atoms with Gasteiger partial charge in [-0.15, -0.1) is 0 Å². The highest BCUT2D eigenvalue weighted by atomic mass is 19.4. The molecule has 1 aromatic rings. The number of nitrogens with one attached hydrogen (secondary N) is 1. The third-order valence-corrected chi connectivity index (χ3v) is 3.27. The number of hydrogen-bond acceptors (Lipinski definition) is 3. The van der Waals surface area contributed by atoms with E-state index in [1.165, 1.54) is 12.1 Å². The molecule has 3 nitrogen and oxygen atoms in total. The van der Waals surface area contributed by atoms with Gasteiger partial charge in [-0.1, -0.05) is 0 Å². The van der Waals surface area contributed by atoms with Crippen LogP contribution in [0.25, 0.3) is 0 Å². The van der Waals surface area contributed by atoms with Crippen molar-refractivity contribution in [3.8, 4) is 6.07 Å². The lowest BCUT2D eigenvalue weighted by Gasteiger charge is -2.21. The smallest absolute Gasteiger partial charge is 0.382 e. The zero-order chi connectivity index (χ0) is 14.6. The van der Waals surface area contributed by atoms with Crippen LogP contribution in [-0.4, -0.2) is 19.3 Å². The summed E-state index contributed by atoms with van der Waals surface area (Å²) in [7, 11) is 0. The van der Waals surface area contributed by atoms with Gasteiger partial charge in [-0.3, -0.25) is 0 Å². The van der Waals surface area contributed by atoms with E-state index in [2.05, 4.69) is 5.32 Å². The monoisotopic (exact) mass is 284 g/mol. The number of alkyl halides is 3. The van der Waals surface area contributed by atoms with Gasteiger partial charge in [-0.25, -0.2) is 0 Å². The number of nitrogens with zero attached hydrogens (tertiary/aromatic N) is 1. The van der Waals surface area contributed by atoms with Crippen molar-refractivity contribution in [3.05, 3.63) is 29.3 Å². The highest BCUT2D eigenvalue weighted by Gasteiger charge is 2.34. The van der Waals surface area contributed by atoms with Crippen LogP contribution in [0.3, 0.4) is 0 Å². The van der Waals surface area contributed by atoms with Gasteiger partial charge in [0, 0.05) is 24.9 Å². The number of halogens is 3. The first-order chi connectivity index (χ1) is 9.50. The molecule has 0 saturated carbocycles. The van der Waals surface area contributed by atoms with E-state index in [1.807, 2.05) is 0 Å². The molecule has 1 aromatic carbocycles. The second-order valence-electron chi connectivity index (χ2n) is 4.75. The molecule has 0 spiro atoms. The number of ether oxygens (including phenoxy) is 1. The minimum Gasteiger partial charge on any atom is -0.382 e. The van der Waals surface area contributed by atoms with E-state index < -0.39 is 11.7 Å². The average Bonchev–Trinajstić information content (AvgIpc) is 2.66. The molecule has 0 radical (unpaired) electrons. The molecule has 6 heteroatoms. The Morgan fingerprint density at radius 3 is 2.75 bits per heavy atom. The van der Waals surface area contributed by atoms with Crippen LogP contribution in [0.5, 0.6) is 0 Å². The molecular weight excluding hydrogens is 269 g/mol. The van der Waals surface area contributed by atoms with Gasteiger partial charge in [0.25, 0.3) is 0 Å². The largest absolute Gasteiger partial charge is 0.418 e. The van der Waals surface area contributed by atoms with E-state index in [0.29, 0.717) is 19.6 Å². The predicted molar refractivity (Wildman–Crippen MR) is 68.2 cm³/mol. The molecule has 0 bridgehead atoms. The van der Waals surface area contributed by atoms with Gasteiger partial charge < -0.3 is 10.1 Å². The van der Waals surface area contributed by atoms with Crippen LogP contribution in [0.2, 0.25) is 0 Å². The predicted octanol–water partition coefficient (Wildman–Crippen LogP) is 3.56. The van der Waals surface area contributed by atoms with E-state index in [-0.39, 0.29) is 17.3 Å². The maximum atomic E-state index is 13.0. The van der Waals surface area contributed by atoms with Crippen LogP contribution in [0.1, 0.15) is 30.4 Å². The minimum atomic E-state index is -4.48. The summed E-state index contributed by atoms with van der Waals surface area (Å²) in [5, 5.41) is 11.7. The van der Waals surface area contributed by atoms with Gasteiger partial charge in [0.15, 0.2) is 0 Å². The lowest BCUT2D eigenvalue weighted by atomic mass is 10.1. The number of nitriles is 1. The quantitative estimate of drug-likeness (QED) is 0.903. The van der Waals surface area contributed by atoms with Crippen molar-refractivity contribution in [1.82, 2.24) is 0 Å².